The third-order valence-corrected chi connectivity index (χ3v) is 2.79. The van der Waals surface area contributed by atoms with E-state index in [1.54, 1.807) is 12.4 Å². The van der Waals surface area contributed by atoms with Crippen molar-refractivity contribution in [1.82, 2.24) is 4.98 Å². The highest BCUT2D eigenvalue weighted by atomic mass is 79.9. The third kappa shape index (κ3) is 3.26. The fourth-order valence-electron chi connectivity index (χ4n) is 1.46. The number of halogens is 3. The van der Waals surface area contributed by atoms with Gasteiger partial charge in [-0.25, -0.2) is 4.39 Å². The van der Waals surface area contributed by atoms with E-state index < -0.39 is 11.6 Å². The van der Waals surface area contributed by atoms with Gasteiger partial charge in [0.1, 0.15) is 0 Å². The number of hydrogen-bond donors (Lipinski definition) is 0. The molecule has 1 aromatic carbocycles. The Morgan fingerprint density at radius 2 is 2.11 bits per heavy atom. The summed E-state index contributed by atoms with van der Waals surface area (Å²) in [5.41, 5.74) is 0.980. The Labute approximate surface area is 112 Å². The van der Waals surface area contributed by atoms with Gasteiger partial charge in [0.25, 0.3) is 0 Å². The van der Waals surface area contributed by atoms with E-state index >= 15 is 0 Å². The summed E-state index contributed by atoms with van der Waals surface area (Å²) in [6.07, 6.45) is 3.97. The van der Waals surface area contributed by atoms with Crippen LogP contribution in [0.5, 0.6) is 5.75 Å². The van der Waals surface area contributed by atoms with Crippen LogP contribution in [0.25, 0.3) is 0 Å². The van der Waals surface area contributed by atoms with Crippen molar-refractivity contribution < 1.29 is 13.5 Å². The molecule has 5 heteroatoms. The molecule has 0 saturated carbocycles. The van der Waals surface area contributed by atoms with Crippen LogP contribution in [-0.4, -0.2) is 11.6 Å². The normalized spacial score (nSPS) is 10.4. The number of rotatable bonds is 4. The quantitative estimate of drug-likeness (QED) is 0.802. The first kappa shape index (κ1) is 13.0. The monoisotopic (exact) mass is 313 g/mol. The molecule has 0 saturated heterocycles. The second kappa shape index (κ2) is 5.91. The predicted molar refractivity (Wildman–Crippen MR) is 67.5 cm³/mol. The molecule has 0 aliphatic rings. The van der Waals surface area contributed by atoms with Crippen molar-refractivity contribution in [3.8, 4) is 5.75 Å². The predicted octanol–water partition coefficient (Wildman–Crippen LogP) is 3.74. The number of pyridine rings is 1. The molecule has 2 aromatic rings. The van der Waals surface area contributed by atoms with Crippen LogP contribution in [0.15, 0.2) is 41.1 Å². The number of ether oxygens (including phenoxy) is 1. The third-order valence-electron chi connectivity index (χ3n) is 2.33. The summed E-state index contributed by atoms with van der Waals surface area (Å²) in [5.74, 6) is -1.99. The average molecular weight is 314 g/mol. The molecule has 0 amide bonds. The second-order valence-corrected chi connectivity index (χ2v) is 4.58. The van der Waals surface area contributed by atoms with Gasteiger partial charge in [-0.05, 0) is 23.8 Å². The van der Waals surface area contributed by atoms with Gasteiger partial charge in [0.15, 0.2) is 11.6 Å². The highest BCUT2D eigenvalue weighted by molar-refractivity contribution is 9.10. The highest BCUT2D eigenvalue weighted by Crippen LogP contribution is 2.25. The van der Waals surface area contributed by atoms with E-state index in [-0.39, 0.29) is 12.4 Å². The van der Waals surface area contributed by atoms with E-state index in [1.165, 1.54) is 6.07 Å². The van der Waals surface area contributed by atoms with Crippen molar-refractivity contribution in [1.29, 1.82) is 0 Å². The SMILES string of the molecule is Fc1cc(Br)cc(OCCc2cccnc2)c1F. The zero-order valence-electron chi connectivity index (χ0n) is 9.37. The Morgan fingerprint density at radius 1 is 1.28 bits per heavy atom. The van der Waals surface area contributed by atoms with Crippen molar-refractivity contribution in [2.45, 2.75) is 6.42 Å². The molecule has 2 rings (SSSR count). The van der Waals surface area contributed by atoms with Crippen LogP contribution < -0.4 is 4.74 Å². The summed E-state index contributed by atoms with van der Waals surface area (Å²) < 4.78 is 32.1. The summed E-state index contributed by atoms with van der Waals surface area (Å²) in [5, 5.41) is 0. The minimum absolute atomic E-state index is 0.0919. The summed E-state index contributed by atoms with van der Waals surface area (Å²) in [6, 6.07) is 6.17. The van der Waals surface area contributed by atoms with E-state index in [9.17, 15) is 8.78 Å². The molecule has 2 nitrogen and oxygen atoms in total. The molecular weight excluding hydrogens is 304 g/mol. The highest BCUT2D eigenvalue weighted by Gasteiger charge is 2.11. The lowest BCUT2D eigenvalue weighted by Gasteiger charge is -2.08. The van der Waals surface area contributed by atoms with Gasteiger partial charge in [-0.15, -0.1) is 0 Å². The Bertz CT molecular complexity index is 534. The summed E-state index contributed by atoms with van der Waals surface area (Å²) in [6.45, 7) is 0.262. The van der Waals surface area contributed by atoms with Crippen molar-refractivity contribution in [2.75, 3.05) is 6.61 Å². The first-order valence-electron chi connectivity index (χ1n) is 5.33. The maximum Gasteiger partial charge on any atom is 0.200 e. The van der Waals surface area contributed by atoms with Gasteiger partial charge in [0.2, 0.25) is 5.82 Å². The lowest BCUT2D eigenvalue weighted by Crippen LogP contribution is -2.04. The number of hydrogen-bond acceptors (Lipinski definition) is 2. The van der Waals surface area contributed by atoms with Crippen LogP contribution in [0.3, 0.4) is 0 Å². The van der Waals surface area contributed by atoms with Crippen molar-refractivity contribution in [3.63, 3.8) is 0 Å². The van der Waals surface area contributed by atoms with Gasteiger partial charge >= 0.3 is 0 Å². The van der Waals surface area contributed by atoms with Crippen LogP contribution in [0.1, 0.15) is 5.56 Å². The minimum atomic E-state index is -0.968. The largest absolute Gasteiger partial charge is 0.490 e. The molecule has 0 radical (unpaired) electrons. The maximum atomic E-state index is 13.4. The van der Waals surface area contributed by atoms with E-state index in [2.05, 4.69) is 20.9 Å². The van der Waals surface area contributed by atoms with Crippen molar-refractivity contribution >= 4 is 15.9 Å². The average Bonchev–Trinajstić information content (AvgIpc) is 2.36. The van der Waals surface area contributed by atoms with Crippen LogP contribution in [0.2, 0.25) is 0 Å². The molecule has 0 bridgehead atoms. The molecule has 18 heavy (non-hydrogen) atoms. The standard InChI is InChI=1S/C13H10BrF2NO/c14-10-6-11(15)13(16)12(7-10)18-5-3-9-2-1-4-17-8-9/h1-2,4,6-8H,3,5H2. The van der Waals surface area contributed by atoms with Crippen molar-refractivity contribution in [3.05, 3.63) is 58.3 Å². The zero-order chi connectivity index (χ0) is 13.0. The Morgan fingerprint density at radius 3 is 2.83 bits per heavy atom. The van der Waals surface area contributed by atoms with Gasteiger partial charge in [0, 0.05) is 23.3 Å². The van der Waals surface area contributed by atoms with Crippen molar-refractivity contribution in [2.24, 2.45) is 0 Å². The molecule has 0 aliphatic heterocycles. The summed E-state index contributed by atoms with van der Waals surface area (Å²) in [7, 11) is 0. The van der Waals surface area contributed by atoms with E-state index in [0.29, 0.717) is 10.9 Å². The van der Waals surface area contributed by atoms with Gasteiger partial charge in [0.05, 0.1) is 6.61 Å². The van der Waals surface area contributed by atoms with Crippen LogP contribution in [-0.2, 0) is 6.42 Å². The molecule has 1 heterocycles. The molecule has 1 aromatic heterocycles. The lowest BCUT2D eigenvalue weighted by atomic mass is 10.2. The van der Waals surface area contributed by atoms with E-state index in [4.69, 9.17) is 4.74 Å². The zero-order valence-corrected chi connectivity index (χ0v) is 11.0. The Hall–Kier alpha value is -1.49. The first-order chi connectivity index (χ1) is 8.66. The van der Waals surface area contributed by atoms with E-state index in [0.717, 1.165) is 11.6 Å². The molecule has 0 unspecified atom stereocenters. The first-order valence-corrected chi connectivity index (χ1v) is 6.12. The topological polar surface area (TPSA) is 22.1 Å². The molecule has 94 valence electrons. The number of aromatic nitrogens is 1. The number of nitrogens with zero attached hydrogens (tertiary/aromatic N) is 1. The van der Waals surface area contributed by atoms with Gasteiger partial charge in [-0.3, -0.25) is 4.98 Å². The smallest absolute Gasteiger partial charge is 0.200 e. The lowest BCUT2D eigenvalue weighted by molar-refractivity contribution is 0.298. The van der Waals surface area contributed by atoms with Gasteiger partial charge < -0.3 is 4.74 Å². The van der Waals surface area contributed by atoms with E-state index in [1.807, 2.05) is 12.1 Å². The fraction of sp³-hybridized carbons (Fsp3) is 0.154. The molecule has 0 spiro atoms. The Kier molecular flexibility index (Phi) is 4.25. The maximum absolute atomic E-state index is 13.4. The molecular formula is C13H10BrF2NO. The van der Waals surface area contributed by atoms with Crippen LogP contribution in [0.4, 0.5) is 8.78 Å². The summed E-state index contributed by atoms with van der Waals surface area (Å²) >= 11 is 3.09. The van der Waals surface area contributed by atoms with Crippen LogP contribution in [0, 0.1) is 11.6 Å². The van der Waals surface area contributed by atoms with Gasteiger partial charge in [-0.1, -0.05) is 22.0 Å². The minimum Gasteiger partial charge on any atom is -0.490 e. The summed E-state index contributed by atoms with van der Waals surface area (Å²) in [4.78, 5) is 3.96. The van der Waals surface area contributed by atoms with Gasteiger partial charge in [-0.2, -0.15) is 4.39 Å². The Balaban J connectivity index is 1.99. The molecule has 0 fully saturated rings. The second-order valence-electron chi connectivity index (χ2n) is 3.66. The van der Waals surface area contributed by atoms with Crippen LogP contribution >= 0.6 is 15.9 Å². The molecule has 0 N–H and O–H groups in total. The number of benzene rings is 1. The molecule has 0 atom stereocenters. The molecule has 0 aliphatic carbocycles. The fourth-order valence-corrected chi connectivity index (χ4v) is 1.87.